The first-order valence-corrected chi connectivity index (χ1v) is 3.57. The molecule has 0 heterocycles. The van der Waals surface area contributed by atoms with Gasteiger partial charge in [0.05, 0.1) is 0 Å². The van der Waals surface area contributed by atoms with E-state index in [1.54, 1.807) is 4.99 Å². The maximum absolute atomic E-state index is 8.28. The van der Waals surface area contributed by atoms with Crippen molar-refractivity contribution < 1.29 is 5.11 Å². The lowest BCUT2D eigenvalue weighted by atomic mass is 10.5. The molecule has 0 atom stereocenters. The van der Waals surface area contributed by atoms with Gasteiger partial charge in [-0.1, -0.05) is 31.9 Å². The number of hydrogen-bond acceptors (Lipinski definition) is 1. The lowest BCUT2D eigenvalue weighted by Gasteiger charge is -1.87. The Labute approximate surface area is 59.7 Å². The van der Waals surface area contributed by atoms with Gasteiger partial charge in [-0.15, -0.1) is 0 Å². The quantitative estimate of drug-likeness (QED) is 0.768. The SMILES string of the molecule is OCC/C(Br)=C/Br. The Hall–Kier alpha value is 0.660. The van der Waals surface area contributed by atoms with Crippen molar-refractivity contribution in [2.45, 2.75) is 6.42 Å². The van der Waals surface area contributed by atoms with Crippen LogP contribution in [0.1, 0.15) is 6.42 Å². The maximum Gasteiger partial charge on any atom is 0.0476 e. The lowest BCUT2D eigenvalue weighted by Crippen LogP contribution is -1.78. The van der Waals surface area contributed by atoms with Crippen LogP contribution in [0.3, 0.4) is 0 Å². The molecule has 0 rings (SSSR count). The van der Waals surface area contributed by atoms with Crippen LogP contribution >= 0.6 is 31.9 Å². The van der Waals surface area contributed by atoms with Gasteiger partial charge < -0.3 is 5.11 Å². The zero-order valence-electron chi connectivity index (χ0n) is 3.69. The summed E-state index contributed by atoms with van der Waals surface area (Å²) in [5.41, 5.74) is 0. The molecule has 0 aromatic heterocycles. The highest BCUT2D eigenvalue weighted by Crippen LogP contribution is 2.10. The van der Waals surface area contributed by atoms with Crippen LogP contribution in [0.4, 0.5) is 0 Å². The number of halogens is 2. The summed E-state index contributed by atoms with van der Waals surface area (Å²) in [5.74, 6) is 0. The molecule has 0 saturated carbocycles. The molecule has 1 nitrogen and oxygen atoms in total. The van der Waals surface area contributed by atoms with Crippen LogP contribution in [0.15, 0.2) is 9.47 Å². The van der Waals surface area contributed by atoms with Crippen molar-refractivity contribution in [3.05, 3.63) is 9.47 Å². The minimum atomic E-state index is 0.197. The minimum absolute atomic E-state index is 0.197. The molecular formula is C4H6Br2O. The molecule has 7 heavy (non-hydrogen) atoms. The topological polar surface area (TPSA) is 20.2 Å². The van der Waals surface area contributed by atoms with E-state index in [2.05, 4.69) is 31.9 Å². The monoisotopic (exact) mass is 228 g/mol. The van der Waals surface area contributed by atoms with E-state index in [0.29, 0.717) is 6.42 Å². The van der Waals surface area contributed by atoms with Crippen LogP contribution in [-0.2, 0) is 0 Å². The van der Waals surface area contributed by atoms with E-state index in [0.717, 1.165) is 4.48 Å². The summed E-state index contributed by atoms with van der Waals surface area (Å²) >= 11 is 6.29. The molecule has 0 aliphatic carbocycles. The molecule has 0 bridgehead atoms. The van der Waals surface area contributed by atoms with E-state index in [4.69, 9.17) is 5.11 Å². The summed E-state index contributed by atoms with van der Waals surface area (Å²) in [5, 5.41) is 8.28. The lowest BCUT2D eigenvalue weighted by molar-refractivity contribution is 0.302. The van der Waals surface area contributed by atoms with Gasteiger partial charge in [0, 0.05) is 17.5 Å². The Balaban J connectivity index is 3.17. The molecule has 0 aromatic carbocycles. The van der Waals surface area contributed by atoms with Gasteiger partial charge >= 0.3 is 0 Å². The van der Waals surface area contributed by atoms with Crippen molar-refractivity contribution in [2.75, 3.05) is 6.61 Å². The Morgan fingerprint density at radius 2 is 2.29 bits per heavy atom. The summed E-state index contributed by atoms with van der Waals surface area (Å²) in [4.78, 5) is 1.74. The standard InChI is InChI=1S/C4H6Br2O/c5-3-4(6)1-2-7/h3,7H,1-2H2/b4-3-. The molecule has 0 saturated heterocycles. The molecule has 0 aliphatic rings. The van der Waals surface area contributed by atoms with Crippen LogP contribution in [0.2, 0.25) is 0 Å². The average Bonchev–Trinajstić information content (AvgIpc) is 1.68. The average molecular weight is 230 g/mol. The van der Waals surface area contributed by atoms with Gasteiger partial charge in [-0.05, 0) is 4.99 Å². The fourth-order valence-electron chi connectivity index (χ4n) is 0.161. The van der Waals surface area contributed by atoms with E-state index in [1.807, 2.05) is 0 Å². The van der Waals surface area contributed by atoms with E-state index in [1.165, 1.54) is 0 Å². The Bertz CT molecular complexity index is 70.1. The van der Waals surface area contributed by atoms with E-state index in [-0.39, 0.29) is 6.61 Å². The third-order valence-electron chi connectivity index (χ3n) is 0.469. The van der Waals surface area contributed by atoms with Crippen molar-refractivity contribution in [3.8, 4) is 0 Å². The normalized spacial score (nSPS) is 12.1. The van der Waals surface area contributed by atoms with Crippen molar-refractivity contribution >= 4 is 31.9 Å². The third-order valence-corrected chi connectivity index (χ3v) is 2.26. The second-order valence-electron chi connectivity index (χ2n) is 1.03. The van der Waals surface area contributed by atoms with E-state index >= 15 is 0 Å². The Kier molecular flexibility index (Phi) is 5.26. The van der Waals surface area contributed by atoms with Gasteiger partial charge in [0.1, 0.15) is 0 Å². The van der Waals surface area contributed by atoms with Crippen molar-refractivity contribution in [3.63, 3.8) is 0 Å². The molecule has 0 aliphatic heterocycles. The Morgan fingerprint density at radius 1 is 1.71 bits per heavy atom. The van der Waals surface area contributed by atoms with Gasteiger partial charge in [0.15, 0.2) is 0 Å². The predicted octanol–water partition coefficient (Wildman–Crippen LogP) is 2.00. The van der Waals surface area contributed by atoms with Crippen molar-refractivity contribution in [1.82, 2.24) is 0 Å². The van der Waals surface area contributed by atoms with Crippen LogP contribution < -0.4 is 0 Å². The zero-order valence-corrected chi connectivity index (χ0v) is 6.87. The van der Waals surface area contributed by atoms with Gasteiger partial charge in [0.25, 0.3) is 0 Å². The largest absolute Gasteiger partial charge is 0.396 e. The molecule has 0 aromatic rings. The fourth-order valence-corrected chi connectivity index (χ4v) is 0.568. The molecule has 42 valence electrons. The van der Waals surface area contributed by atoms with Crippen LogP contribution in [0.5, 0.6) is 0 Å². The highest BCUT2D eigenvalue weighted by molar-refractivity contribution is 9.14. The van der Waals surface area contributed by atoms with Crippen LogP contribution in [-0.4, -0.2) is 11.7 Å². The first kappa shape index (κ1) is 7.66. The van der Waals surface area contributed by atoms with Gasteiger partial charge in [-0.3, -0.25) is 0 Å². The zero-order chi connectivity index (χ0) is 5.70. The number of aliphatic hydroxyl groups is 1. The number of rotatable bonds is 2. The minimum Gasteiger partial charge on any atom is -0.396 e. The summed E-state index contributed by atoms with van der Waals surface area (Å²) < 4.78 is 0.981. The van der Waals surface area contributed by atoms with Crippen molar-refractivity contribution in [1.29, 1.82) is 0 Å². The number of aliphatic hydroxyl groups excluding tert-OH is 1. The molecule has 0 amide bonds. The summed E-state index contributed by atoms with van der Waals surface area (Å²) in [6.07, 6.45) is 0.686. The summed E-state index contributed by atoms with van der Waals surface area (Å²) in [6.45, 7) is 0.197. The highest BCUT2D eigenvalue weighted by Gasteiger charge is 1.84. The number of hydrogen-bond donors (Lipinski definition) is 1. The first-order valence-electron chi connectivity index (χ1n) is 1.87. The predicted molar refractivity (Wildman–Crippen MR) is 37.6 cm³/mol. The molecule has 3 heteroatoms. The van der Waals surface area contributed by atoms with E-state index < -0.39 is 0 Å². The molecule has 1 N–H and O–H groups in total. The van der Waals surface area contributed by atoms with Gasteiger partial charge in [0.2, 0.25) is 0 Å². The third kappa shape index (κ3) is 4.51. The first-order chi connectivity index (χ1) is 3.31. The molecular weight excluding hydrogens is 224 g/mol. The van der Waals surface area contributed by atoms with E-state index in [9.17, 15) is 0 Å². The summed E-state index contributed by atoms with van der Waals surface area (Å²) in [6, 6.07) is 0. The maximum atomic E-state index is 8.28. The second kappa shape index (κ2) is 4.81. The van der Waals surface area contributed by atoms with Crippen molar-refractivity contribution in [2.24, 2.45) is 0 Å². The molecule has 0 radical (unpaired) electrons. The van der Waals surface area contributed by atoms with Gasteiger partial charge in [-0.25, -0.2) is 0 Å². The smallest absolute Gasteiger partial charge is 0.0476 e. The molecule has 0 fully saturated rings. The molecule has 0 spiro atoms. The van der Waals surface area contributed by atoms with Gasteiger partial charge in [-0.2, -0.15) is 0 Å². The fraction of sp³-hybridized carbons (Fsp3) is 0.500. The summed E-state index contributed by atoms with van der Waals surface area (Å²) in [7, 11) is 0. The molecule has 0 unspecified atom stereocenters. The Morgan fingerprint density at radius 3 is 2.43 bits per heavy atom. The second-order valence-corrected chi connectivity index (χ2v) is 2.51. The van der Waals surface area contributed by atoms with Crippen LogP contribution in [0, 0.1) is 0 Å². The highest BCUT2D eigenvalue weighted by atomic mass is 79.9. The van der Waals surface area contributed by atoms with Crippen LogP contribution in [0.25, 0.3) is 0 Å².